The van der Waals surface area contributed by atoms with E-state index in [0.717, 1.165) is 32.4 Å². The highest BCUT2D eigenvalue weighted by Gasteiger charge is 2.22. The Morgan fingerprint density at radius 2 is 2.04 bits per heavy atom. The molecule has 1 fully saturated rings. The summed E-state index contributed by atoms with van der Waals surface area (Å²) in [5, 5.41) is 2.99. The van der Waals surface area contributed by atoms with E-state index in [1.807, 2.05) is 13.0 Å². The maximum Gasteiger partial charge on any atom is 0.219 e. The number of rotatable bonds is 8. The van der Waals surface area contributed by atoms with Crippen molar-refractivity contribution in [3.05, 3.63) is 30.3 Å². The van der Waals surface area contributed by atoms with Crippen molar-refractivity contribution >= 4 is 15.7 Å². The van der Waals surface area contributed by atoms with Crippen LogP contribution in [0.2, 0.25) is 0 Å². The molecule has 0 bridgehead atoms. The highest BCUT2D eigenvalue weighted by Crippen LogP contribution is 2.17. The Kier molecular flexibility index (Phi) is 7.24. The summed E-state index contributed by atoms with van der Waals surface area (Å²) in [5.41, 5.74) is 0. The largest absolute Gasteiger partial charge is 0.356 e. The Labute approximate surface area is 145 Å². The van der Waals surface area contributed by atoms with Crippen molar-refractivity contribution in [2.24, 2.45) is 5.92 Å². The molecule has 2 rings (SSSR count). The number of hydrogen-bond acceptors (Lipinski definition) is 4. The van der Waals surface area contributed by atoms with Crippen LogP contribution in [0.4, 0.5) is 0 Å². The minimum atomic E-state index is -3.22. The lowest BCUT2D eigenvalue weighted by Gasteiger charge is -2.32. The topological polar surface area (TPSA) is 66.5 Å². The zero-order valence-corrected chi connectivity index (χ0v) is 15.2. The average molecular weight is 353 g/mol. The minimum Gasteiger partial charge on any atom is -0.356 e. The fourth-order valence-electron chi connectivity index (χ4n) is 3.09. The molecule has 1 aromatic rings. The summed E-state index contributed by atoms with van der Waals surface area (Å²) in [7, 11) is -3.22. The van der Waals surface area contributed by atoms with E-state index in [0.29, 0.717) is 30.3 Å². The first-order valence-electron chi connectivity index (χ1n) is 8.78. The number of nitrogens with zero attached hydrogens (tertiary/aromatic N) is 1. The van der Waals surface area contributed by atoms with Gasteiger partial charge in [-0.1, -0.05) is 25.1 Å². The lowest BCUT2D eigenvalue weighted by Crippen LogP contribution is -2.42. The van der Waals surface area contributed by atoms with Crippen molar-refractivity contribution in [2.45, 2.75) is 37.5 Å². The summed E-state index contributed by atoms with van der Waals surface area (Å²) in [6.45, 7) is 5.03. The normalized spacial score (nSPS) is 19.1. The van der Waals surface area contributed by atoms with Crippen molar-refractivity contribution < 1.29 is 13.2 Å². The molecule has 0 aromatic heterocycles. The van der Waals surface area contributed by atoms with E-state index in [1.54, 1.807) is 24.3 Å². The second-order valence-electron chi connectivity index (χ2n) is 6.49. The Bertz CT molecular complexity index is 616. The van der Waals surface area contributed by atoms with Gasteiger partial charge in [-0.25, -0.2) is 8.42 Å². The Balaban J connectivity index is 1.79. The number of carbonyl (C=O) groups excluding carboxylic acids is 1. The van der Waals surface area contributed by atoms with E-state index < -0.39 is 9.84 Å². The lowest BCUT2D eigenvalue weighted by molar-refractivity contribution is -0.121. The zero-order chi connectivity index (χ0) is 17.4. The monoisotopic (exact) mass is 352 g/mol. The van der Waals surface area contributed by atoms with E-state index in [9.17, 15) is 13.2 Å². The third-order valence-corrected chi connectivity index (χ3v) is 6.16. The highest BCUT2D eigenvalue weighted by atomic mass is 32.2. The van der Waals surface area contributed by atoms with Crippen LogP contribution in [0, 0.1) is 5.92 Å². The minimum absolute atomic E-state index is 0.112. The van der Waals surface area contributed by atoms with Crippen molar-refractivity contribution in [1.82, 2.24) is 10.2 Å². The molecular formula is C18H28N2O3S. The Hall–Kier alpha value is -1.40. The molecule has 1 N–H and O–H groups in total. The first-order valence-corrected chi connectivity index (χ1v) is 10.4. The van der Waals surface area contributed by atoms with Gasteiger partial charge in [-0.05, 0) is 43.9 Å². The van der Waals surface area contributed by atoms with Crippen LogP contribution in [0.15, 0.2) is 35.2 Å². The van der Waals surface area contributed by atoms with Gasteiger partial charge in [0.25, 0.3) is 0 Å². The van der Waals surface area contributed by atoms with Crippen molar-refractivity contribution in [2.75, 3.05) is 31.9 Å². The smallest absolute Gasteiger partial charge is 0.219 e. The SMILES string of the molecule is CCCC(=O)NCC1CCCN(CCS(=O)(=O)c2ccccc2)C1. The van der Waals surface area contributed by atoms with Crippen molar-refractivity contribution in [3.8, 4) is 0 Å². The number of nitrogens with one attached hydrogen (secondary N) is 1. The maximum atomic E-state index is 12.4. The summed E-state index contributed by atoms with van der Waals surface area (Å²) in [6.07, 6.45) is 3.58. The summed E-state index contributed by atoms with van der Waals surface area (Å²) < 4.78 is 24.7. The van der Waals surface area contributed by atoms with Crippen LogP contribution in [0.3, 0.4) is 0 Å². The van der Waals surface area contributed by atoms with Crippen LogP contribution in [-0.2, 0) is 14.6 Å². The predicted octanol–water partition coefficient (Wildman–Crippen LogP) is 2.09. The number of amides is 1. The first-order chi connectivity index (χ1) is 11.5. The van der Waals surface area contributed by atoms with Gasteiger partial charge >= 0.3 is 0 Å². The molecule has 134 valence electrons. The lowest BCUT2D eigenvalue weighted by atomic mass is 9.98. The number of carbonyl (C=O) groups is 1. The van der Waals surface area contributed by atoms with Gasteiger partial charge in [0, 0.05) is 26.1 Å². The Morgan fingerprint density at radius 1 is 1.29 bits per heavy atom. The maximum absolute atomic E-state index is 12.4. The molecule has 0 aliphatic carbocycles. The van der Waals surface area contributed by atoms with Gasteiger partial charge in [0.05, 0.1) is 10.6 Å². The Morgan fingerprint density at radius 3 is 2.75 bits per heavy atom. The van der Waals surface area contributed by atoms with Crippen LogP contribution in [0.5, 0.6) is 0 Å². The summed E-state index contributed by atoms with van der Waals surface area (Å²) in [5.74, 6) is 0.673. The molecule has 0 radical (unpaired) electrons. The van der Waals surface area contributed by atoms with Gasteiger partial charge in [0.2, 0.25) is 5.91 Å². The van der Waals surface area contributed by atoms with E-state index in [2.05, 4.69) is 10.2 Å². The quantitative estimate of drug-likeness (QED) is 0.778. The molecular weight excluding hydrogens is 324 g/mol. The molecule has 24 heavy (non-hydrogen) atoms. The molecule has 6 heteroatoms. The molecule has 0 spiro atoms. The van der Waals surface area contributed by atoms with Gasteiger partial charge in [-0.2, -0.15) is 0 Å². The van der Waals surface area contributed by atoms with Crippen LogP contribution >= 0.6 is 0 Å². The second kappa shape index (κ2) is 9.18. The highest BCUT2D eigenvalue weighted by molar-refractivity contribution is 7.91. The van der Waals surface area contributed by atoms with Gasteiger partial charge in [0.1, 0.15) is 0 Å². The summed E-state index contributed by atoms with van der Waals surface area (Å²) >= 11 is 0. The van der Waals surface area contributed by atoms with E-state index in [1.165, 1.54) is 0 Å². The molecule has 1 aromatic carbocycles. The molecule has 1 atom stereocenters. The molecule has 0 saturated carbocycles. The van der Waals surface area contributed by atoms with Gasteiger partial charge < -0.3 is 10.2 Å². The summed E-state index contributed by atoms with van der Waals surface area (Å²) in [6, 6.07) is 8.63. The fraction of sp³-hybridized carbons (Fsp3) is 0.611. The van der Waals surface area contributed by atoms with Crippen LogP contribution in [0.1, 0.15) is 32.6 Å². The third kappa shape index (κ3) is 5.91. The molecule has 5 nitrogen and oxygen atoms in total. The average Bonchev–Trinajstić information content (AvgIpc) is 2.60. The van der Waals surface area contributed by atoms with Crippen molar-refractivity contribution in [1.29, 1.82) is 0 Å². The number of benzene rings is 1. The number of piperidine rings is 1. The van der Waals surface area contributed by atoms with E-state index >= 15 is 0 Å². The van der Waals surface area contributed by atoms with Gasteiger partial charge in [0.15, 0.2) is 9.84 Å². The van der Waals surface area contributed by atoms with Gasteiger partial charge in [-0.3, -0.25) is 4.79 Å². The number of sulfone groups is 1. The van der Waals surface area contributed by atoms with Crippen molar-refractivity contribution in [3.63, 3.8) is 0 Å². The van der Waals surface area contributed by atoms with E-state index in [-0.39, 0.29) is 11.7 Å². The second-order valence-corrected chi connectivity index (χ2v) is 8.60. The first kappa shape index (κ1) is 18.9. The van der Waals surface area contributed by atoms with Gasteiger partial charge in [-0.15, -0.1) is 0 Å². The fourth-order valence-corrected chi connectivity index (χ4v) is 4.40. The third-order valence-electron chi connectivity index (χ3n) is 4.45. The predicted molar refractivity (Wildman–Crippen MR) is 95.6 cm³/mol. The molecule has 1 saturated heterocycles. The number of hydrogen-bond donors (Lipinski definition) is 1. The standard InChI is InChI=1S/C18H28N2O3S/c1-2-7-18(21)19-14-16-8-6-11-20(15-16)12-13-24(22,23)17-9-4-3-5-10-17/h3-5,9-10,16H,2,6-8,11-15H2,1H3,(H,19,21). The van der Waals surface area contributed by atoms with Crippen LogP contribution in [-0.4, -0.2) is 51.2 Å². The van der Waals surface area contributed by atoms with Crippen LogP contribution in [0.25, 0.3) is 0 Å². The molecule has 1 amide bonds. The molecule has 1 heterocycles. The zero-order valence-electron chi connectivity index (χ0n) is 14.4. The molecule has 1 aliphatic rings. The van der Waals surface area contributed by atoms with E-state index in [4.69, 9.17) is 0 Å². The number of likely N-dealkylation sites (tertiary alicyclic amines) is 1. The molecule has 1 aliphatic heterocycles. The van der Waals surface area contributed by atoms with Crippen LogP contribution < -0.4 is 5.32 Å². The summed E-state index contributed by atoms with van der Waals surface area (Å²) in [4.78, 5) is 14.2. The molecule has 1 unspecified atom stereocenters.